The van der Waals surface area contributed by atoms with Crippen molar-refractivity contribution < 1.29 is 0 Å². The second-order valence-corrected chi connectivity index (χ2v) is 6.45. The molecule has 0 amide bonds. The van der Waals surface area contributed by atoms with Crippen molar-refractivity contribution in [3.63, 3.8) is 0 Å². The summed E-state index contributed by atoms with van der Waals surface area (Å²) in [4.78, 5) is 2.37. The molecule has 0 aromatic heterocycles. The summed E-state index contributed by atoms with van der Waals surface area (Å²) >= 11 is 0. The maximum Gasteiger partial charge on any atom is 0.0991 e. The third-order valence-corrected chi connectivity index (χ3v) is 4.66. The molecule has 126 valence electrons. The first-order chi connectivity index (χ1) is 12.7. The fourth-order valence-electron chi connectivity index (χ4n) is 3.18. The van der Waals surface area contributed by atoms with Gasteiger partial charge in [-0.2, -0.15) is 15.5 Å². The highest BCUT2D eigenvalue weighted by Crippen LogP contribution is 2.31. The van der Waals surface area contributed by atoms with E-state index in [-0.39, 0.29) is 0 Å². The lowest BCUT2D eigenvalue weighted by atomic mass is 10.1. The van der Waals surface area contributed by atoms with E-state index in [9.17, 15) is 0 Å². The maximum atomic E-state index is 8.84. The zero-order valence-electron chi connectivity index (χ0n) is 14.6. The first kappa shape index (κ1) is 16.0. The molecule has 4 rings (SSSR count). The van der Waals surface area contributed by atoms with Gasteiger partial charge in [0.05, 0.1) is 23.0 Å². The van der Waals surface area contributed by atoms with Crippen molar-refractivity contribution in [2.45, 2.75) is 20.0 Å². The van der Waals surface area contributed by atoms with Crippen LogP contribution in [0.4, 0.5) is 17.1 Å². The summed E-state index contributed by atoms with van der Waals surface area (Å²) in [6.07, 6.45) is 0. The summed E-state index contributed by atoms with van der Waals surface area (Å²) in [6, 6.07) is 24.1. The second kappa shape index (κ2) is 6.81. The molecule has 1 heterocycles. The lowest BCUT2D eigenvalue weighted by Gasteiger charge is -2.18. The largest absolute Gasteiger partial charge is 0.363 e. The van der Waals surface area contributed by atoms with Crippen LogP contribution in [0.3, 0.4) is 0 Å². The molecule has 0 aliphatic carbocycles. The molecule has 0 saturated heterocycles. The highest BCUT2D eigenvalue weighted by Gasteiger charge is 2.18. The molecule has 0 N–H and O–H groups in total. The molecule has 1 aliphatic rings. The average Bonchev–Trinajstić information content (AvgIpc) is 3.11. The van der Waals surface area contributed by atoms with Gasteiger partial charge in [-0.15, -0.1) is 0 Å². The maximum absolute atomic E-state index is 8.84. The van der Waals surface area contributed by atoms with E-state index in [0.29, 0.717) is 5.56 Å². The van der Waals surface area contributed by atoms with Gasteiger partial charge in [-0.1, -0.05) is 24.3 Å². The van der Waals surface area contributed by atoms with Gasteiger partial charge < -0.3 is 4.90 Å². The molecule has 4 heteroatoms. The van der Waals surface area contributed by atoms with Crippen LogP contribution in [0.2, 0.25) is 0 Å². The number of hydrogen-bond acceptors (Lipinski definition) is 4. The van der Waals surface area contributed by atoms with Crippen molar-refractivity contribution in [1.29, 1.82) is 5.26 Å². The molecular formula is C22H18N4. The summed E-state index contributed by atoms with van der Waals surface area (Å²) in [7, 11) is 0. The minimum Gasteiger partial charge on any atom is -0.363 e. The van der Waals surface area contributed by atoms with Crippen LogP contribution in [0.25, 0.3) is 0 Å². The van der Waals surface area contributed by atoms with Crippen molar-refractivity contribution >= 4 is 17.1 Å². The Bertz CT molecular complexity index is 988. The summed E-state index contributed by atoms with van der Waals surface area (Å²) < 4.78 is 0. The van der Waals surface area contributed by atoms with Gasteiger partial charge in [0.25, 0.3) is 0 Å². The minimum atomic E-state index is 0.621. The smallest absolute Gasteiger partial charge is 0.0991 e. The topological polar surface area (TPSA) is 51.8 Å². The molecule has 0 spiro atoms. The molecule has 0 bridgehead atoms. The Morgan fingerprint density at radius 1 is 0.885 bits per heavy atom. The van der Waals surface area contributed by atoms with Crippen LogP contribution in [-0.2, 0) is 13.1 Å². The van der Waals surface area contributed by atoms with E-state index in [1.54, 1.807) is 24.3 Å². The van der Waals surface area contributed by atoms with Gasteiger partial charge >= 0.3 is 0 Å². The number of fused-ring (bicyclic) bond motifs is 1. The van der Waals surface area contributed by atoms with Crippen LogP contribution in [-0.4, -0.2) is 0 Å². The fourth-order valence-corrected chi connectivity index (χ4v) is 3.18. The molecule has 0 atom stereocenters. The van der Waals surface area contributed by atoms with E-state index in [0.717, 1.165) is 30.0 Å². The quantitative estimate of drug-likeness (QED) is 0.566. The molecule has 0 saturated carbocycles. The van der Waals surface area contributed by atoms with E-state index in [4.69, 9.17) is 5.26 Å². The molecule has 1 aliphatic heterocycles. The van der Waals surface area contributed by atoms with E-state index in [1.165, 1.54) is 16.8 Å². The third kappa shape index (κ3) is 3.20. The van der Waals surface area contributed by atoms with Gasteiger partial charge in [0, 0.05) is 18.8 Å². The number of rotatable bonds is 3. The summed E-state index contributed by atoms with van der Waals surface area (Å²) in [5.41, 5.74) is 7.31. The van der Waals surface area contributed by atoms with E-state index >= 15 is 0 Å². The Kier molecular flexibility index (Phi) is 4.20. The van der Waals surface area contributed by atoms with Crippen molar-refractivity contribution in [3.05, 3.63) is 89.0 Å². The van der Waals surface area contributed by atoms with Crippen molar-refractivity contribution in [3.8, 4) is 6.07 Å². The van der Waals surface area contributed by atoms with Gasteiger partial charge in [0.1, 0.15) is 0 Å². The number of nitriles is 1. The van der Waals surface area contributed by atoms with Crippen molar-refractivity contribution in [2.24, 2.45) is 10.2 Å². The van der Waals surface area contributed by atoms with E-state index in [1.807, 2.05) is 6.07 Å². The molecule has 4 nitrogen and oxygen atoms in total. The number of anilines is 1. The Hall–Kier alpha value is -3.45. The normalized spacial score (nSPS) is 13.0. The molecule has 3 aromatic rings. The van der Waals surface area contributed by atoms with Gasteiger partial charge in [0.15, 0.2) is 0 Å². The minimum absolute atomic E-state index is 0.621. The monoisotopic (exact) mass is 338 g/mol. The Morgan fingerprint density at radius 3 is 2.19 bits per heavy atom. The number of benzene rings is 3. The standard InChI is InChI=1S/C22H18N4/c1-16-12-21(26-14-18-4-2-3-5-19(18)15-26)10-11-22(16)25-24-20-8-6-17(13-23)7-9-20/h2-12H,14-15H2,1H3. The van der Waals surface area contributed by atoms with Crippen LogP contribution in [0.5, 0.6) is 0 Å². The Labute approximate surface area is 153 Å². The molecule has 0 radical (unpaired) electrons. The first-order valence-electron chi connectivity index (χ1n) is 8.57. The van der Waals surface area contributed by atoms with Crippen molar-refractivity contribution in [2.75, 3.05) is 4.90 Å². The van der Waals surface area contributed by atoms with Gasteiger partial charge in [0.2, 0.25) is 0 Å². The van der Waals surface area contributed by atoms with Crippen molar-refractivity contribution in [1.82, 2.24) is 0 Å². The molecule has 26 heavy (non-hydrogen) atoms. The molecule has 0 unspecified atom stereocenters. The number of nitrogens with zero attached hydrogens (tertiary/aromatic N) is 4. The van der Waals surface area contributed by atoms with E-state index in [2.05, 4.69) is 64.5 Å². The predicted octanol–water partition coefficient (Wildman–Crippen LogP) is 5.80. The van der Waals surface area contributed by atoms with Gasteiger partial charge in [-0.25, -0.2) is 0 Å². The molecule has 3 aromatic carbocycles. The molecule has 0 fully saturated rings. The predicted molar refractivity (Wildman–Crippen MR) is 103 cm³/mol. The fraction of sp³-hybridized carbons (Fsp3) is 0.136. The number of azo groups is 1. The second-order valence-electron chi connectivity index (χ2n) is 6.45. The van der Waals surface area contributed by atoms with Crippen LogP contribution in [0, 0.1) is 18.3 Å². The average molecular weight is 338 g/mol. The highest BCUT2D eigenvalue weighted by atomic mass is 15.1. The lowest BCUT2D eigenvalue weighted by Crippen LogP contribution is -2.14. The highest BCUT2D eigenvalue weighted by molar-refractivity contribution is 5.59. The number of hydrogen-bond donors (Lipinski definition) is 0. The first-order valence-corrected chi connectivity index (χ1v) is 8.57. The summed E-state index contributed by atoms with van der Waals surface area (Å²) in [5, 5.41) is 17.5. The zero-order chi connectivity index (χ0) is 17.9. The van der Waals surface area contributed by atoms with Crippen LogP contribution < -0.4 is 4.90 Å². The zero-order valence-corrected chi connectivity index (χ0v) is 14.6. The Morgan fingerprint density at radius 2 is 1.58 bits per heavy atom. The Balaban J connectivity index is 1.51. The third-order valence-electron chi connectivity index (χ3n) is 4.66. The van der Waals surface area contributed by atoms with Crippen LogP contribution in [0.15, 0.2) is 77.0 Å². The number of aryl methyl sites for hydroxylation is 1. The summed E-state index contributed by atoms with van der Waals surface area (Å²) in [6.45, 7) is 3.95. The SMILES string of the molecule is Cc1cc(N2Cc3ccccc3C2)ccc1N=Nc1ccc(C#N)cc1. The van der Waals surface area contributed by atoms with Crippen LogP contribution in [0.1, 0.15) is 22.3 Å². The van der Waals surface area contributed by atoms with Gasteiger partial charge in [-0.05, 0) is 66.1 Å². The summed E-state index contributed by atoms with van der Waals surface area (Å²) in [5.74, 6) is 0. The lowest BCUT2D eigenvalue weighted by molar-refractivity contribution is 0.879. The molecular weight excluding hydrogens is 320 g/mol. The van der Waals surface area contributed by atoms with Gasteiger partial charge in [-0.3, -0.25) is 0 Å². The van der Waals surface area contributed by atoms with Crippen LogP contribution >= 0.6 is 0 Å². The van der Waals surface area contributed by atoms with E-state index < -0.39 is 0 Å².